The number of aromatic hydroxyl groups is 1. The van der Waals surface area contributed by atoms with Gasteiger partial charge in [0, 0.05) is 12.2 Å². The Hall–Kier alpha value is -0.840. The lowest BCUT2D eigenvalue weighted by atomic mass is 9.93. The summed E-state index contributed by atoms with van der Waals surface area (Å²) in [5, 5.41) is 13.1. The van der Waals surface area contributed by atoms with Crippen LogP contribution in [0.15, 0.2) is 12.1 Å². The lowest BCUT2D eigenvalue weighted by Crippen LogP contribution is -2.34. The van der Waals surface area contributed by atoms with Crippen molar-refractivity contribution in [2.75, 3.05) is 26.7 Å². The van der Waals surface area contributed by atoms with Crippen LogP contribution < -0.4 is 5.32 Å². The molecule has 2 heterocycles. The SMILES string of the molecule is CNCCC1CCN(Cc2nc(C)ccc2O)CC1.Cl. The Kier molecular flexibility index (Phi) is 7.27. The molecule has 0 atom stereocenters. The molecule has 0 saturated carbocycles. The van der Waals surface area contributed by atoms with E-state index in [0.717, 1.165) is 43.5 Å². The summed E-state index contributed by atoms with van der Waals surface area (Å²) in [5.74, 6) is 1.17. The van der Waals surface area contributed by atoms with Crippen LogP contribution in [0.2, 0.25) is 0 Å². The third kappa shape index (κ3) is 4.93. The Labute approximate surface area is 128 Å². The van der Waals surface area contributed by atoms with Crippen LogP contribution in [0.5, 0.6) is 5.75 Å². The first kappa shape index (κ1) is 17.2. The van der Waals surface area contributed by atoms with Crippen LogP contribution in [0.1, 0.15) is 30.7 Å². The number of likely N-dealkylation sites (tertiary alicyclic amines) is 1. The number of aryl methyl sites for hydroxylation is 1. The fourth-order valence-corrected chi connectivity index (χ4v) is 2.71. The number of hydrogen-bond donors (Lipinski definition) is 2. The van der Waals surface area contributed by atoms with Gasteiger partial charge in [0.05, 0.1) is 5.69 Å². The second kappa shape index (κ2) is 8.45. The third-order valence-corrected chi connectivity index (χ3v) is 3.97. The molecule has 114 valence electrons. The minimum Gasteiger partial charge on any atom is -0.506 e. The highest BCUT2D eigenvalue weighted by Crippen LogP contribution is 2.23. The molecular weight excluding hydrogens is 274 g/mol. The average molecular weight is 300 g/mol. The molecule has 2 rings (SSSR count). The molecule has 0 radical (unpaired) electrons. The predicted molar refractivity (Wildman–Crippen MR) is 84.4 cm³/mol. The van der Waals surface area contributed by atoms with Gasteiger partial charge in [0.1, 0.15) is 5.75 Å². The maximum Gasteiger partial charge on any atom is 0.138 e. The van der Waals surface area contributed by atoms with Gasteiger partial charge in [-0.3, -0.25) is 9.88 Å². The van der Waals surface area contributed by atoms with Gasteiger partial charge in [0.15, 0.2) is 0 Å². The Morgan fingerprint density at radius 2 is 2.05 bits per heavy atom. The van der Waals surface area contributed by atoms with E-state index >= 15 is 0 Å². The van der Waals surface area contributed by atoms with Crippen molar-refractivity contribution in [1.82, 2.24) is 15.2 Å². The molecular formula is C15H26ClN3O. The molecule has 1 aliphatic rings. The molecule has 0 spiro atoms. The van der Waals surface area contributed by atoms with Crippen molar-refractivity contribution in [1.29, 1.82) is 0 Å². The summed E-state index contributed by atoms with van der Waals surface area (Å²) >= 11 is 0. The summed E-state index contributed by atoms with van der Waals surface area (Å²) < 4.78 is 0. The van der Waals surface area contributed by atoms with E-state index in [0.29, 0.717) is 5.75 Å². The van der Waals surface area contributed by atoms with Gasteiger partial charge in [-0.2, -0.15) is 0 Å². The van der Waals surface area contributed by atoms with E-state index in [4.69, 9.17) is 0 Å². The van der Waals surface area contributed by atoms with Crippen LogP contribution in [0.4, 0.5) is 0 Å². The number of piperidine rings is 1. The first-order valence-electron chi connectivity index (χ1n) is 7.21. The summed E-state index contributed by atoms with van der Waals surface area (Å²) in [6.45, 7) is 6.08. The van der Waals surface area contributed by atoms with Crippen LogP contribution in [-0.2, 0) is 6.54 Å². The van der Waals surface area contributed by atoms with Gasteiger partial charge in [-0.05, 0) is 70.9 Å². The topological polar surface area (TPSA) is 48.4 Å². The minimum absolute atomic E-state index is 0. The molecule has 0 amide bonds. The molecule has 1 aromatic heterocycles. The van der Waals surface area contributed by atoms with Crippen molar-refractivity contribution >= 4 is 12.4 Å². The Morgan fingerprint density at radius 1 is 1.35 bits per heavy atom. The van der Waals surface area contributed by atoms with Gasteiger partial charge in [-0.15, -0.1) is 12.4 Å². The smallest absolute Gasteiger partial charge is 0.138 e. The largest absolute Gasteiger partial charge is 0.506 e. The molecule has 5 heteroatoms. The van der Waals surface area contributed by atoms with Crippen LogP contribution in [0.25, 0.3) is 0 Å². The molecule has 1 aromatic rings. The average Bonchev–Trinajstić information content (AvgIpc) is 2.42. The molecule has 0 aromatic carbocycles. The number of rotatable bonds is 5. The van der Waals surface area contributed by atoms with E-state index < -0.39 is 0 Å². The summed E-state index contributed by atoms with van der Waals surface area (Å²) in [4.78, 5) is 6.83. The standard InChI is InChI=1S/C15H25N3O.ClH/c1-12-3-4-15(19)14(17-12)11-18-9-6-13(7-10-18)5-8-16-2;/h3-4,13,16,19H,5-11H2,1-2H3;1H. The summed E-state index contributed by atoms with van der Waals surface area (Å²) in [6, 6.07) is 3.60. The summed E-state index contributed by atoms with van der Waals surface area (Å²) in [6.07, 6.45) is 3.79. The van der Waals surface area contributed by atoms with Gasteiger partial charge in [0.2, 0.25) is 0 Å². The molecule has 1 saturated heterocycles. The second-order valence-corrected chi connectivity index (χ2v) is 5.53. The summed E-state index contributed by atoms with van der Waals surface area (Å²) in [7, 11) is 2.02. The molecule has 20 heavy (non-hydrogen) atoms. The zero-order chi connectivity index (χ0) is 13.7. The van der Waals surface area contributed by atoms with E-state index in [9.17, 15) is 5.11 Å². The van der Waals surface area contributed by atoms with Crippen LogP contribution >= 0.6 is 12.4 Å². The van der Waals surface area contributed by atoms with Gasteiger partial charge in [0.25, 0.3) is 0 Å². The highest BCUT2D eigenvalue weighted by molar-refractivity contribution is 5.85. The first-order valence-corrected chi connectivity index (χ1v) is 7.21. The molecule has 0 aliphatic carbocycles. The van der Waals surface area contributed by atoms with Crippen molar-refractivity contribution in [2.24, 2.45) is 5.92 Å². The number of hydrogen-bond acceptors (Lipinski definition) is 4. The quantitative estimate of drug-likeness (QED) is 0.876. The second-order valence-electron chi connectivity index (χ2n) is 5.53. The van der Waals surface area contributed by atoms with Gasteiger partial charge in [-0.1, -0.05) is 0 Å². The number of nitrogens with one attached hydrogen (secondary N) is 1. The minimum atomic E-state index is 0. The number of nitrogens with zero attached hydrogens (tertiary/aromatic N) is 2. The van der Waals surface area contributed by atoms with Gasteiger partial charge in [-0.25, -0.2) is 0 Å². The first-order chi connectivity index (χ1) is 9.19. The van der Waals surface area contributed by atoms with Crippen LogP contribution in [-0.4, -0.2) is 41.7 Å². The van der Waals surface area contributed by atoms with Gasteiger partial charge >= 0.3 is 0 Å². The monoisotopic (exact) mass is 299 g/mol. The lowest BCUT2D eigenvalue weighted by Gasteiger charge is -2.31. The van der Waals surface area contributed by atoms with Crippen LogP contribution in [0.3, 0.4) is 0 Å². The number of pyridine rings is 1. The van der Waals surface area contributed by atoms with Gasteiger partial charge < -0.3 is 10.4 Å². The van der Waals surface area contributed by atoms with Crippen molar-refractivity contribution in [3.05, 3.63) is 23.5 Å². The maximum atomic E-state index is 9.84. The van der Waals surface area contributed by atoms with E-state index in [1.807, 2.05) is 20.0 Å². The Morgan fingerprint density at radius 3 is 2.70 bits per heavy atom. The van der Waals surface area contributed by atoms with Crippen LogP contribution in [0, 0.1) is 12.8 Å². The third-order valence-electron chi connectivity index (χ3n) is 3.97. The highest BCUT2D eigenvalue weighted by Gasteiger charge is 2.20. The van der Waals surface area contributed by atoms with Crippen molar-refractivity contribution < 1.29 is 5.11 Å². The fraction of sp³-hybridized carbons (Fsp3) is 0.667. The zero-order valence-electron chi connectivity index (χ0n) is 12.4. The highest BCUT2D eigenvalue weighted by atomic mass is 35.5. The number of aromatic nitrogens is 1. The van der Waals surface area contributed by atoms with E-state index in [1.54, 1.807) is 6.07 Å². The molecule has 4 nitrogen and oxygen atoms in total. The Balaban J connectivity index is 0.00000200. The molecule has 1 fully saturated rings. The lowest BCUT2D eigenvalue weighted by molar-refractivity contribution is 0.169. The van der Waals surface area contributed by atoms with Crippen molar-refractivity contribution in [3.63, 3.8) is 0 Å². The van der Waals surface area contributed by atoms with Crippen molar-refractivity contribution in [2.45, 2.75) is 32.7 Å². The van der Waals surface area contributed by atoms with E-state index in [1.165, 1.54) is 19.3 Å². The fourth-order valence-electron chi connectivity index (χ4n) is 2.71. The maximum absolute atomic E-state index is 9.84. The molecule has 2 N–H and O–H groups in total. The molecule has 0 bridgehead atoms. The zero-order valence-corrected chi connectivity index (χ0v) is 13.2. The molecule has 1 aliphatic heterocycles. The summed E-state index contributed by atoms with van der Waals surface area (Å²) in [5.41, 5.74) is 1.78. The van der Waals surface area contributed by atoms with E-state index in [-0.39, 0.29) is 12.4 Å². The normalized spacial score (nSPS) is 16.9. The Bertz CT molecular complexity index is 406. The predicted octanol–water partition coefficient (Wildman–Crippen LogP) is 2.34. The van der Waals surface area contributed by atoms with E-state index in [2.05, 4.69) is 15.2 Å². The number of halogens is 1. The van der Waals surface area contributed by atoms with Crippen molar-refractivity contribution in [3.8, 4) is 5.75 Å². The molecule has 0 unspecified atom stereocenters.